The lowest BCUT2D eigenvalue weighted by Gasteiger charge is -2.08. The number of carbonyl (C=O) groups excluding carboxylic acids is 1. The summed E-state index contributed by atoms with van der Waals surface area (Å²) in [5.74, 6) is -0.226. The summed E-state index contributed by atoms with van der Waals surface area (Å²) in [7, 11) is 1.16. The zero-order valence-corrected chi connectivity index (χ0v) is 12.7. The largest absolute Gasteiger partial charge is 0.352 e. The van der Waals surface area contributed by atoms with Crippen molar-refractivity contribution in [3.63, 3.8) is 0 Å². The molecule has 2 atom stereocenters. The predicted molar refractivity (Wildman–Crippen MR) is 73.8 cm³/mol. The van der Waals surface area contributed by atoms with Crippen LogP contribution >= 0.6 is 10.7 Å². The predicted octanol–water partition coefficient (Wildman–Crippen LogP) is 2.45. The number of hydrogen-bond acceptors (Lipinski definition) is 3. The van der Waals surface area contributed by atoms with E-state index < -0.39 is 20.8 Å². The van der Waals surface area contributed by atoms with Crippen LogP contribution in [0.5, 0.6) is 0 Å². The van der Waals surface area contributed by atoms with E-state index in [1.165, 1.54) is 6.92 Å². The maximum absolute atomic E-state index is 13.7. The van der Waals surface area contributed by atoms with E-state index in [4.69, 9.17) is 10.7 Å². The van der Waals surface area contributed by atoms with Gasteiger partial charge in [-0.3, -0.25) is 4.79 Å². The summed E-state index contributed by atoms with van der Waals surface area (Å²) in [4.78, 5) is 11.5. The van der Waals surface area contributed by atoms with Crippen molar-refractivity contribution < 1.29 is 17.6 Å². The highest BCUT2D eigenvalue weighted by atomic mass is 35.7. The third-order valence-corrected chi connectivity index (χ3v) is 5.07. The molecule has 2 rings (SSSR count). The highest BCUT2D eigenvalue weighted by Gasteiger charge is 2.32. The minimum atomic E-state index is -4.09. The van der Waals surface area contributed by atoms with E-state index in [0.29, 0.717) is 18.4 Å². The second kappa shape index (κ2) is 5.33. The van der Waals surface area contributed by atoms with Gasteiger partial charge in [0, 0.05) is 28.4 Å². The van der Waals surface area contributed by atoms with Gasteiger partial charge >= 0.3 is 0 Å². The smallest absolute Gasteiger partial charge is 0.261 e. The molecule has 4 nitrogen and oxygen atoms in total. The molecule has 0 saturated heterocycles. The van der Waals surface area contributed by atoms with Crippen LogP contribution in [-0.4, -0.2) is 20.9 Å². The van der Waals surface area contributed by atoms with Gasteiger partial charge in [-0.1, -0.05) is 6.92 Å². The Morgan fingerprint density at radius 3 is 2.60 bits per heavy atom. The quantitative estimate of drug-likeness (QED) is 0.867. The molecule has 110 valence electrons. The maximum atomic E-state index is 13.7. The minimum Gasteiger partial charge on any atom is -0.352 e. The molecule has 1 aliphatic carbocycles. The standard InChI is InChI=1S/C13H15ClFNO3S/c1-7-3-10(7)6-16-13(17)9-4-11(15)8(2)12(5-9)20(14,18)19/h4-5,7,10H,3,6H2,1-2H3,(H,16,17). The van der Waals surface area contributed by atoms with E-state index in [1.807, 2.05) is 0 Å². The monoisotopic (exact) mass is 319 g/mol. The Morgan fingerprint density at radius 1 is 1.50 bits per heavy atom. The van der Waals surface area contributed by atoms with E-state index in [1.54, 1.807) is 0 Å². The zero-order valence-electron chi connectivity index (χ0n) is 11.1. The Labute approximate surface area is 121 Å². The van der Waals surface area contributed by atoms with Gasteiger partial charge in [0.2, 0.25) is 0 Å². The van der Waals surface area contributed by atoms with Crippen molar-refractivity contribution in [2.45, 2.75) is 25.2 Å². The first-order valence-electron chi connectivity index (χ1n) is 6.23. The molecule has 1 aromatic carbocycles. The van der Waals surface area contributed by atoms with E-state index in [0.717, 1.165) is 18.6 Å². The molecule has 1 N–H and O–H groups in total. The lowest BCUT2D eigenvalue weighted by Crippen LogP contribution is -2.26. The van der Waals surface area contributed by atoms with Crippen molar-refractivity contribution in [2.75, 3.05) is 6.54 Å². The summed E-state index contributed by atoms with van der Waals surface area (Å²) >= 11 is 0. The summed E-state index contributed by atoms with van der Waals surface area (Å²) in [6.07, 6.45) is 1.06. The second-order valence-corrected chi connectivity index (χ2v) is 7.74. The van der Waals surface area contributed by atoms with E-state index >= 15 is 0 Å². The summed E-state index contributed by atoms with van der Waals surface area (Å²) < 4.78 is 36.4. The summed E-state index contributed by atoms with van der Waals surface area (Å²) in [5, 5.41) is 2.67. The van der Waals surface area contributed by atoms with Gasteiger partial charge in [0.15, 0.2) is 0 Å². The van der Waals surface area contributed by atoms with Gasteiger partial charge in [-0.2, -0.15) is 0 Å². The number of benzene rings is 1. The highest BCUT2D eigenvalue weighted by Crippen LogP contribution is 2.36. The Hall–Kier alpha value is -1.14. The lowest BCUT2D eigenvalue weighted by molar-refractivity contribution is 0.0950. The van der Waals surface area contributed by atoms with E-state index in [9.17, 15) is 17.6 Å². The fraction of sp³-hybridized carbons (Fsp3) is 0.462. The molecule has 0 bridgehead atoms. The SMILES string of the molecule is Cc1c(F)cc(C(=O)NCC2CC2C)cc1S(=O)(=O)Cl. The first kappa shape index (κ1) is 15.3. The number of rotatable bonds is 4. The van der Waals surface area contributed by atoms with Crippen LogP contribution in [-0.2, 0) is 9.05 Å². The molecule has 1 aromatic rings. The molecule has 2 unspecified atom stereocenters. The normalized spacial score (nSPS) is 21.6. The lowest BCUT2D eigenvalue weighted by atomic mass is 10.1. The number of amides is 1. The van der Waals surface area contributed by atoms with Crippen LogP contribution in [0, 0.1) is 24.6 Å². The Morgan fingerprint density at radius 2 is 2.10 bits per heavy atom. The Bertz CT molecular complexity index is 660. The summed E-state index contributed by atoms with van der Waals surface area (Å²) in [6.45, 7) is 3.90. The molecule has 1 fully saturated rings. The highest BCUT2D eigenvalue weighted by molar-refractivity contribution is 8.13. The van der Waals surface area contributed by atoms with Crippen LogP contribution < -0.4 is 5.32 Å². The third kappa shape index (κ3) is 3.30. The molecule has 1 aliphatic rings. The number of halogens is 2. The van der Waals surface area contributed by atoms with Crippen molar-refractivity contribution >= 4 is 25.6 Å². The first-order valence-corrected chi connectivity index (χ1v) is 8.54. The van der Waals surface area contributed by atoms with Crippen LogP contribution in [0.2, 0.25) is 0 Å². The van der Waals surface area contributed by atoms with Crippen molar-refractivity contribution in [2.24, 2.45) is 11.8 Å². The molecular formula is C13H15ClFNO3S. The minimum absolute atomic E-state index is 0.0411. The average Bonchev–Trinajstić information content (AvgIpc) is 3.04. The number of carbonyl (C=O) groups is 1. The molecule has 1 saturated carbocycles. The van der Waals surface area contributed by atoms with E-state index in [-0.39, 0.29) is 16.0 Å². The summed E-state index contributed by atoms with van der Waals surface area (Å²) in [6, 6.07) is 2.12. The van der Waals surface area contributed by atoms with Crippen molar-refractivity contribution in [3.8, 4) is 0 Å². The second-order valence-electron chi connectivity index (χ2n) is 5.20. The molecule has 0 heterocycles. The molecule has 0 aromatic heterocycles. The van der Waals surface area contributed by atoms with Crippen molar-refractivity contribution in [1.82, 2.24) is 5.32 Å². The Kier molecular flexibility index (Phi) is 4.07. The van der Waals surface area contributed by atoms with Crippen LogP contribution in [0.3, 0.4) is 0 Å². The van der Waals surface area contributed by atoms with Crippen molar-refractivity contribution in [3.05, 3.63) is 29.1 Å². The summed E-state index contributed by atoms with van der Waals surface area (Å²) in [5.41, 5.74) is -0.131. The van der Waals surface area contributed by atoms with Crippen LogP contribution in [0.1, 0.15) is 29.3 Å². The van der Waals surface area contributed by atoms with Gasteiger partial charge in [-0.05, 0) is 37.3 Å². The van der Waals surface area contributed by atoms with E-state index in [2.05, 4.69) is 12.2 Å². The zero-order chi connectivity index (χ0) is 15.1. The fourth-order valence-corrected chi connectivity index (χ4v) is 3.26. The fourth-order valence-electron chi connectivity index (χ4n) is 2.05. The van der Waals surface area contributed by atoms with Crippen LogP contribution in [0.15, 0.2) is 17.0 Å². The maximum Gasteiger partial charge on any atom is 0.261 e. The third-order valence-electron chi connectivity index (χ3n) is 3.62. The Balaban J connectivity index is 2.23. The van der Waals surface area contributed by atoms with Gasteiger partial charge in [-0.15, -0.1) is 0 Å². The van der Waals surface area contributed by atoms with Gasteiger partial charge in [-0.25, -0.2) is 12.8 Å². The number of nitrogens with one attached hydrogen (secondary N) is 1. The van der Waals surface area contributed by atoms with Gasteiger partial charge in [0.05, 0.1) is 4.90 Å². The molecule has 0 aliphatic heterocycles. The molecule has 1 amide bonds. The average molecular weight is 320 g/mol. The van der Waals surface area contributed by atoms with Crippen LogP contribution in [0.4, 0.5) is 4.39 Å². The molecule has 0 radical (unpaired) electrons. The topological polar surface area (TPSA) is 63.2 Å². The van der Waals surface area contributed by atoms with Crippen LogP contribution in [0.25, 0.3) is 0 Å². The van der Waals surface area contributed by atoms with Gasteiger partial charge < -0.3 is 5.32 Å². The first-order chi connectivity index (χ1) is 9.20. The molecule has 0 spiro atoms. The molecular weight excluding hydrogens is 305 g/mol. The number of hydrogen-bond donors (Lipinski definition) is 1. The molecule has 20 heavy (non-hydrogen) atoms. The molecule has 7 heteroatoms. The van der Waals surface area contributed by atoms with Gasteiger partial charge in [0.25, 0.3) is 15.0 Å². The van der Waals surface area contributed by atoms with Crippen molar-refractivity contribution in [1.29, 1.82) is 0 Å². The van der Waals surface area contributed by atoms with Gasteiger partial charge in [0.1, 0.15) is 5.82 Å².